The van der Waals surface area contributed by atoms with Crippen molar-refractivity contribution in [3.8, 4) is 11.1 Å². The summed E-state index contributed by atoms with van der Waals surface area (Å²) in [7, 11) is 0. The average molecular weight is 438 g/mol. The van der Waals surface area contributed by atoms with Gasteiger partial charge in [0.25, 0.3) is 0 Å². The summed E-state index contributed by atoms with van der Waals surface area (Å²) in [6.45, 7) is 6.86. The van der Waals surface area contributed by atoms with Crippen molar-refractivity contribution in [1.29, 1.82) is 0 Å². The highest BCUT2D eigenvalue weighted by molar-refractivity contribution is 5.85. The average Bonchev–Trinajstić information content (AvgIpc) is 3.04. The monoisotopic (exact) mass is 437 g/mol. The molecule has 2 aromatic carbocycles. The third-order valence-electron chi connectivity index (χ3n) is 6.66. The Bertz CT molecular complexity index is 998. The zero-order valence-corrected chi connectivity index (χ0v) is 18.8. The lowest BCUT2D eigenvalue weighted by atomic mass is 9.70. The zero-order valence-electron chi connectivity index (χ0n) is 18.8. The molecule has 0 atom stereocenters. The van der Waals surface area contributed by atoms with Crippen LogP contribution in [-0.4, -0.2) is 45.5 Å². The van der Waals surface area contributed by atoms with Crippen LogP contribution in [0.3, 0.4) is 0 Å². The molecule has 0 unspecified atom stereocenters. The number of alkyl carbamates (subject to hydrolysis) is 1. The number of carbonyl (C=O) groups excluding carboxylic acids is 1. The minimum Gasteiger partial charge on any atom is -0.480 e. The maximum atomic E-state index is 12.8. The number of nitrogens with one attached hydrogen (secondary N) is 1. The highest BCUT2D eigenvalue weighted by Gasteiger charge is 2.57. The van der Waals surface area contributed by atoms with Crippen molar-refractivity contribution in [2.24, 2.45) is 0 Å². The number of carboxylic acid groups (broad SMARTS) is 1. The zero-order chi connectivity index (χ0) is 23.3. The Labute approximate surface area is 188 Å². The SMILES string of the molecule is CC1(C)CC(NC(=O)OCC2c3ccccc3-c3ccccc32)(C(=O)O)CC(C)(C)N1[O]. The van der Waals surface area contributed by atoms with E-state index >= 15 is 0 Å². The normalized spacial score (nSPS) is 20.8. The number of ether oxygens (including phenoxy) is 1. The first-order valence-electron chi connectivity index (χ1n) is 10.8. The Hall–Kier alpha value is -2.90. The van der Waals surface area contributed by atoms with Gasteiger partial charge in [-0.1, -0.05) is 48.5 Å². The van der Waals surface area contributed by atoms with Gasteiger partial charge in [-0.2, -0.15) is 0 Å². The maximum Gasteiger partial charge on any atom is 0.408 e. The van der Waals surface area contributed by atoms with Crippen LogP contribution in [0.1, 0.15) is 57.6 Å². The number of hydrogen-bond acceptors (Lipinski definition) is 4. The van der Waals surface area contributed by atoms with Gasteiger partial charge in [-0.15, -0.1) is 10.3 Å². The molecule has 2 aromatic rings. The number of hydroxylamine groups is 2. The number of piperidine rings is 1. The van der Waals surface area contributed by atoms with Crippen molar-refractivity contribution in [3.05, 3.63) is 59.7 Å². The molecule has 1 fully saturated rings. The minimum absolute atomic E-state index is 0.0214. The van der Waals surface area contributed by atoms with Crippen molar-refractivity contribution in [3.63, 3.8) is 0 Å². The molecule has 169 valence electrons. The van der Waals surface area contributed by atoms with Crippen LogP contribution in [0.15, 0.2) is 48.5 Å². The first kappa shape index (κ1) is 22.3. The molecule has 0 aromatic heterocycles. The van der Waals surface area contributed by atoms with E-state index in [-0.39, 0.29) is 25.4 Å². The second-order valence-corrected chi connectivity index (χ2v) is 10.1. The summed E-state index contributed by atoms with van der Waals surface area (Å²) in [6, 6.07) is 16.0. The molecule has 0 bridgehead atoms. The molecule has 2 N–H and O–H groups in total. The fourth-order valence-electron chi connectivity index (χ4n) is 5.63. The molecule has 1 heterocycles. The van der Waals surface area contributed by atoms with Gasteiger partial charge in [0.05, 0.1) is 0 Å². The van der Waals surface area contributed by atoms with Gasteiger partial charge in [-0.25, -0.2) is 9.59 Å². The largest absolute Gasteiger partial charge is 0.480 e. The van der Waals surface area contributed by atoms with Gasteiger partial charge in [-0.05, 0) is 49.9 Å². The summed E-state index contributed by atoms with van der Waals surface area (Å²) in [4.78, 5) is 25.1. The predicted molar refractivity (Wildman–Crippen MR) is 118 cm³/mol. The molecule has 1 radical (unpaired) electrons. The molecule has 1 saturated heterocycles. The van der Waals surface area contributed by atoms with Gasteiger partial charge >= 0.3 is 12.1 Å². The molecule has 7 nitrogen and oxygen atoms in total. The third-order valence-corrected chi connectivity index (χ3v) is 6.66. The van der Waals surface area contributed by atoms with Gasteiger partial charge in [-0.3, -0.25) is 0 Å². The number of fused-ring (bicyclic) bond motifs is 3. The molecule has 32 heavy (non-hydrogen) atoms. The molecule has 4 rings (SSSR count). The fourth-order valence-corrected chi connectivity index (χ4v) is 5.63. The van der Waals surface area contributed by atoms with Gasteiger partial charge in [0, 0.05) is 29.8 Å². The van der Waals surface area contributed by atoms with Crippen LogP contribution in [0.4, 0.5) is 4.79 Å². The Morgan fingerprint density at radius 2 is 1.44 bits per heavy atom. The van der Waals surface area contributed by atoms with Crippen LogP contribution in [0.5, 0.6) is 0 Å². The van der Waals surface area contributed by atoms with E-state index in [0.29, 0.717) is 0 Å². The van der Waals surface area contributed by atoms with Crippen molar-refractivity contribution < 1.29 is 24.6 Å². The predicted octanol–water partition coefficient (Wildman–Crippen LogP) is 4.35. The number of hydrogen-bond donors (Lipinski definition) is 2. The van der Waals surface area contributed by atoms with E-state index in [1.165, 1.54) is 0 Å². The smallest absolute Gasteiger partial charge is 0.408 e. The van der Waals surface area contributed by atoms with Crippen LogP contribution in [0, 0.1) is 0 Å². The van der Waals surface area contributed by atoms with Crippen LogP contribution in [-0.2, 0) is 14.7 Å². The lowest BCUT2D eigenvalue weighted by molar-refractivity contribution is -0.296. The van der Waals surface area contributed by atoms with Gasteiger partial charge in [0.1, 0.15) is 12.1 Å². The first-order valence-corrected chi connectivity index (χ1v) is 10.8. The third kappa shape index (κ3) is 3.65. The molecular formula is C25H29N2O5. The molecule has 7 heteroatoms. The number of carbonyl (C=O) groups is 2. The number of rotatable bonds is 4. The summed E-state index contributed by atoms with van der Waals surface area (Å²) in [6.07, 6.45) is -0.834. The minimum atomic E-state index is -1.59. The summed E-state index contributed by atoms with van der Waals surface area (Å²) < 4.78 is 5.58. The number of amides is 1. The van der Waals surface area contributed by atoms with E-state index < -0.39 is 28.7 Å². The van der Waals surface area contributed by atoms with E-state index in [0.717, 1.165) is 27.3 Å². The Balaban J connectivity index is 1.53. The van der Waals surface area contributed by atoms with Crippen molar-refractivity contribution in [2.45, 2.75) is 63.1 Å². The maximum absolute atomic E-state index is 12.8. The summed E-state index contributed by atoms with van der Waals surface area (Å²) in [5.41, 5.74) is 0.882. The number of aliphatic carboxylic acids is 1. The van der Waals surface area contributed by atoms with Gasteiger partial charge < -0.3 is 15.2 Å². The van der Waals surface area contributed by atoms with Crippen molar-refractivity contribution in [2.75, 3.05) is 6.61 Å². The quantitative estimate of drug-likeness (QED) is 0.741. The molecular weight excluding hydrogens is 408 g/mol. The van der Waals surface area contributed by atoms with E-state index in [9.17, 15) is 19.9 Å². The topological polar surface area (TPSA) is 98.8 Å². The Kier molecular flexibility index (Phi) is 5.30. The van der Waals surface area contributed by atoms with Gasteiger partial charge in [0.2, 0.25) is 0 Å². The second kappa shape index (κ2) is 7.60. The molecule has 0 saturated carbocycles. The standard InChI is InChI=1S/C25H29N2O5/c1-23(2)14-25(21(28)29,15-24(3,4)27(23)31)26-22(30)32-13-20-18-11-7-5-9-16(18)17-10-6-8-12-19(17)20/h5-12,20H,13-15H2,1-4H3,(H,26,30)(H,28,29). The Morgan fingerprint density at radius 3 is 1.91 bits per heavy atom. The lowest BCUT2D eigenvalue weighted by Gasteiger charge is -2.53. The summed E-state index contributed by atoms with van der Waals surface area (Å²) in [5.74, 6) is -1.29. The molecule has 1 aliphatic heterocycles. The van der Waals surface area contributed by atoms with Crippen LogP contribution >= 0.6 is 0 Å². The molecule has 1 aliphatic carbocycles. The Morgan fingerprint density at radius 1 is 0.969 bits per heavy atom. The summed E-state index contributed by atoms with van der Waals surface area (Å²) >= 11 is 0. The van der Waals surface area contributed by atoms with Crippen LogP contribution < -0.4 is 5.32 Å². The molecule has 0 spiro atoms. The van der Waals surface area contributed by atoms with Crippen molar-refractivity contribution in [1.82, 2.24) is 10.4 Å². The number of carboxylic acids is 1. The van der Waals surface area contributed by atoms with E-state index in [2.05, 4.69) is 17.4 Å². The lowest BCUT2D eigenvalue weighted by Crippen LogP contribution is -2.70. The highest BCUT2D eigenvalue weighted by Crippen LogP contribution is 2.45. The van der Waals surface area contributed by atoms with E-state index in [1.807, 2.05) is 36.4 Å². The first-order chi connectivity index (χ1) is 15.0. The highest BCUT2D eigenvalue weighted by atomic mass is 16.5. The van der Waals surface area contributed by atoms with Crippen molar-refractivity contribution >= 4 is 12.1 Å². The van der Waals surface area contributed by atoms with Gasteiger partial charge in [0.15, 0.2) is 0 Å². The molecule has 1 amide bonds. The van der Waals surface area contributed by atoms with Crippen LogP contribution in [0.2, 0.25) is 0 Å². The van der Waals surface area contributed by atoms with Crippen LogP contribution in [0.25, 0.3) is 11.1 Å². The summed E-state index contributed by atoms with van der Waals surface area (Å²) in [5, 5.41) is 26.3. The molecule has 2 aliphatic rings. The number of benzene rings is 2. The van der Waals surface area contributed by atoms with E-state index in [1.54, 1.807) is 27.7 Å². The second-order valence-electron chi connectivity index (χ2n) is 10.1. The fraction of sp³-hybridized carbons (Fsp3) is 0.440. The number of nitrogens with zero attached hydrogens (tertiary/aromatic N) is 1. The van der Waals surface area contributed by atoms with E-state index in [4.69, 9.17) is 4.74 Å².